The minimum absolute atomic E-state index is 0.0768. The molecule has 3 aromatic rings. The molecular formula is C13H9Cl2N3O2S. The van der Waals surface area contributed by atoms with E-state index in [-0.39, 0.29) is 27.9 Å². The van der Waals surface area contributed by atoms with Crippen LogP contribution in [0.1, 0.15) is 16.1 Å². The Morgan fingerprint density at radius 3 is 2.95 bits per heavy atom. The predicted octanol–water partition coefficient (Wildman–Crippen LogP) is 3.64. The summed E-state index contributed by atoms with van der Waals surface area (Å²) < 4.78 is 7.06. The van der Waals surface area contributed by atoms with E-state index in [2.05, 4.69) is 4.98 Å². The SMILES string of the molecule is Nc1cc(C(=O)OCc2cn3ccsc3n2)cc(Cl)c1Cl. The Bertz CT molecular complexity index is 776. The first-order valence-electron chi connectivity index (χ1n) is 5.87. The molecule has 0 aliphatic heterocycles. The van der Waals surface area contributed by atoms with Crippen molar-refractivity contribution in [1.82, 2.24) is 9.38 Å². The molecule has 0 fully saturated rings. The van der Waals surface area contributed by atoms with Crippen molar-refractivity contribution in [2.75, 3.05) is 5.73 Å². The maximum atomic E-state index is 12.0. The average molecular weight is 342 g/mol. The van der Waals surface area contributed by atoms with Gasteiger partial charge >= 0.3 is 5.97 Å². The number of anilines is 1. The second-order valence-electron chi connectivity index (χ2n) is 4.26. The Balaban J connectivity index is 1.73. The summed E-state index contributed by atoms with van der Waals surface area (Å²) in [4.78, 5) is 17.1. The van der Waals surface area contributed by atoms with E-state index in [1.54, 1.807) is 0 Å². The first kappa shape index (κ1) is 14.2. The van der Waals surface area contributed by atoms with Crippen molar-refractivity contribution in [2.24, 2.45) is 0 Å². The molecule has 0 aliphatic rings. The number of imidazole rings is 1. The molecule has 108 valence electrons. The first-order valence-corrected chi connectivity index (χ1v) is 7.51. The number of aromatic nitrogens is 2. The number of carbonyl (C=O) groups excluding carboxylic acids is 1. The third-order valence-electron chi connectivity index (χ3n) is 2.79. The van der Waals surface area contributed by atoms with Crippen LogP contribution in [-0.4, -0.2) is 15.4 Å². The van der Waals surface area contributed by atoms with Gasteiger partial charge in [0.15, 0.2) is 4.96 Å². The minimum Gasteiger partial charge on any atom is -0.456 e. The highest BCUT2D eigenvalue weighted by Crippen LogP contribution is 2.29. The lowest BCUT2D eigenvalue weighted by atomic mass is 10.2. The van der Waals surface area contributed by atoms with Gasteiger partial charge < -0.3 is 10.5 Å². The number of rotatable bonds is 3. The predicted molar refractivity (Wildman–Crippen MR) is 83.1 cm³/mol. The number of hydrogen-bond donors (Lipinski definition) is 1. The van der Waals surface area contributed by atoms with Gasteiger partial charge in [0.2, 0.25) is 0 Å². The Morgan fingerprint density at radius 1 is 1.43 bits per heavy atom. The largest absolute Gasteiger partial charge is 0.456 e. The zero-order valence-corrected chi connectivity index (χ0v) is 12.9. The van der Waals surface area contributed by atoms with Crippen molar-refractivity contribution in [1.29, 1.82) is 0 Å². The molecule has 1 aromatic carbocycles. The van der Waals surface area contributed by atoms with Crippen LogP contribution in [0.25, 0.3) is 4.96 Å². The summed E-state index contributed by atoms with van der Waals surface area (Å²) in [6.45, 7) is 0.0768. The molecule has 2 aromatic heterocycles. The molecule has 0 atom stereocenters. The number of nitrogen functional groups attached to an aromatic ring is 1. The van der Waals surface area contributed by atoms with Gasteiger partial charge in [0.25, 0.3) is 0 Å². The van der Waals surface area contributed by atoms with Crippen LogP contribution in [0.4, 0.5) is 5.69 Å². The van der Waals surface area contributed by atoms with Crippen LogP contribution < -0.4 is 5.73 Å². The number of ether oxygens (including phenoxy) is 1. The number of carbonyl (C=O) groups is 1. The van der Waals surface area contributed by atoms with Crippen LogP contribution in [0, 0.1) is 0 Å². The molecule has 8 heteroatoms. The smallest absolute Gasteiger partial charge is 0.338 e. The fourth-order valence-corrected chi connectivity index (χ4v) is 2.85. The number of nitrogens with two attached hydrogens (primary N) is 1. The third kappa shape index (κ3) is 2.83. The standard InChI is InChI=1S/C13H9Cl2N3O2S/c14-9-3-7(4-10(16)11(9)15)12(19)20-6-8-5-18-1-2-21-13(18)17-8/h1-5H,6,16H2. The van der Waals surface area contributed by atoms with E-state index in [1.807, 2.05) is 22.2 Å². The minimum atomic E-state index is -0.531. The molecular weight excluding hydrogens is 333 g/mol. The lowest BCUT2D eigenvalue weighted by Crippen LogP contribution is -2.06. The lowest BCUT2D eigenvalue weighted by Gasteiger charge is -2.06. The Kier molecular flexibility index (Phi) is 3.75. The highest BCUT2D eigenvalue weighted by molar-refractivity contribution is 7.15. The van der Waals surface area contributed by atoms with E-state index in [9.17, 15) is 4.79 Å². The molecule has 0 aliphatic carbocycles. The zero-order chi connectivity index (χ0) is 15.0. The van der Waals surface area contributed by atoms with Crippen LogP contribution in [0.5, 0.6) is 0 Å². The van der Waals surface area contributed by atoms with E-state index >= 15 is 0 Å². The van der Waals surface area contributed by atoms with Gasteiger partial charge in [-0.15, -0.1) is 11.3 Å². The number of benzene rings is 1. The van der Waals surface area contributed by atoms with Crippen molar-refractivity contribution in [3.05, 3.63) is 51.2 Å². The molecule has 0 bridgehead atoms. The number of fused-ring (bicyclic) bond motifs is 1. The Morgan fingerprint density at radius 2 is 2.24 bits per heavy atom. The number of thiazole rings is 1. The molecule has 2 N–H and O–H groups in total. The van der Waals surface area contributed by atoms with E-state index in [4.69, 9.17) is 33.7 Å². The molecule has 0 saturated heterocycles. The molecule has 21 heavy (non-hydrogen) atoms. The molecule has 3 rings (SSSR count). The molecule has 5 nitrogen and oxygen atoms in total. The monoisotopic (exact) mass is 341 g/mol. The number of hydrogen-bond acceptors (Lipinski definition) is 5. The van der Waals surface area contributed by atoms with Gasteiger partial charge in [-0.1, -0.05) is 23.2 Å². The molecule has 0 unspecified atom stereocenters. The van der Waals surface area contributed by atoms with Crippen molar-refractivity contribution in [3.63, 3.8) is 0 Å². The number of esters is 1. The molecule has 0 spiro atoms. The second kappa shape index (κ2) is 5.55. The Labute approximate surface area is 133 Å². The topological polar surface area (TPSA) is 69.6 Å². The van der Waals surface area contributed by atoms with Gasteiger partial charge in [-0.2, -0.15) is 0 Å². The van der Waals surface area contributed by atoms with Crippen LogP contribution in [0.2, 0.25) is 10.0 Å². The maximum absolute atomic E-state index is 12.0. The summed E-state index contributed by atoms with van der Waals surface area (Å²) in [5, 5.41) is 2.37. The van der Waals surface area contributed by atoms with Gasteiger partial charge in [0, 0.05) is 17.8 Å². The Hall–Kier alpha value is -1.76. The van der Waals surface area contributed by atoms with Crippen molar-refractivity contribution in [2.45, 2.75) is 6.61 Å². The fraction of sp³-hybridized carbons (Fsp3) is 0.0769. The highest BCUT2D eigenvalue weighted by Gasteiger charge is 2.13. The van der Waals surface area contributed by atoms with Gasteiger partial charge in [0.1, 0.15) is 6.61 Å². The summed E-state index contributed by atoms with van der Waals surface area (Å²) in [6, 6.07) is 2.86. The summed E-state index contributed by atoms with van der Waals surface area (Å²) >= 11 is 13.2. The van der Waals surface area contributed by atoms with Crippen LogP contribution >= 0.6 is 34.5 Å². The molecule has 0 saturated carbocycles. The molecule has 0 radical (unpaired) electrons. The van der Waals surface area contributed by atoms with Crippen molar-refractivity contribution in [3.8, 4) is 0 Å². The van der Waals surface area contributed by atoms with Crippen molar-refractivity contribution < 1.29 is 9.53 Å². The maximum Gasteiger partial charge on any atom is 0.338 e. The van der Waals surface area contributed by atoms with E-state index in [0.717, 1.165) is 4.96 Å². The second-order valence-corrected chi connectivity index (χ2v) is 5.92. The van der Waals surface area contributed by atoms with Gasteiger partial charge in [0.05, 0.1) is 27.0 Å². The van der Waals surface area contributed by atoms with Gasteiger partial charge in [-0.25, -0.2) is 9.78 Å². The quantitative estimate of drug-likeness (QED) is 0.583. The fourth-order valence-electron chi connectivity index (χ4n) is 1.80. The number of nitrogens with zero attached hydrogens (tertiary/aromatic N) is 2. The van der Waals surface area contributed by atoms with Gasteiger partial charge in [-0.3, -0.25) is 4.40 Å². The summed E-state index contributed by atoms with van der Waals surface area (Å²) in [6.07, 6.45) is 3.69. The van der Waals surface area contributed by atoms with Crippen molar-refractivity contribution >= 4 is 51.2 Å². The number of halogens is 2. The van der Waals surface area contributed by atoms with E-state index in [0.29, 0.717) is 5.69 Å². The summed E-state index contributed by atoms with van der Waals surface area (Å²) in [7, 11) is 0. The normalized spacial score (nSPS) is 11.0. The third-order valence-corrected chi connectivity index (χ3v) is 4.37. The lowest BCUT2D eigenvalue weighted by molar-refractivity contribution is 0.0468. The van der Waals surface area contributed by atoms with E-state index in [1.165, 1.54) is 23.5 Å². The van der Waals surface area contributed by atoms with Crippen LogP contribution in [-0.2, 0) is 11.3 Å². The van der Waals surface area contributed by atoms with Crippen LogP contribution in [0.3, 0.4) is 0 Å². The molecule has 0 amide bonds. The zero-order valence-electron chi connectivity index (χ0n) is 10.5. The summed E-state index contributed by atoms with van der Waals surface area (Å²) in [5.41, 5.74) is 6.82. The van der Waals surface area contributed by atoms with E-state index < -0.39 is 5.97 Å². The molecule has 2 heterocycles. The van der Waals surface area contributed by atoms with Gasteiger partial charge in [-0.05, 0) is 12.1 Å². The van der Waals surface area contributed by atoms with Crippen LogP contribution in [0.15, 0.2) is 29.9 Å². The average Bonchev–Trinajstić information content (AvgIpc) is 3.02. The summed E-state index contributed by atoms with van der Waals surface area (Å²) in [5.74, 6) is -0.531. The highest BCUT2D eigenvalue weighted by atomic mass is 35.5. The first-order chi connectivity index (χ1) is 10.0.